The Bertz CT molecular complexity index is 865. The molecule has 1 aliphatic carbocycles. The molecular weight excluding hydrogens is 348 g/mol. The fraction of sp³-hybridized carbons (Fsp3) is 0.333. The third kappa shape index (κ3) is 3.47. The third-order valence-corrected chi connectivity index (χ3v) is 5.64. The van der Waals surface area contributed by atoms with Crippen LogP contribution in [-0.2, 0) is 29.0 Å². The Hall–Kier alpha value is -2.33. The Morgan fingerprint density at radius 1 is 1.15 bits per heavy atom. The summed E-state index contributed by atoms with van der Waals surface area (Å²) < 4.78 is 0. The van der Waals surface area contributed by atoms with E-state index in [0.717, 1.165) is 24.1 Å². The van der Waals surface area contributed by atoms with Crippen molar-refractivity contribution in [3.63, 3.8) is 0 Å². The lowest BCUT2D eigenvalue weighted by Gasteiger charge is -2.17. The fourth-order valence-electron chi connectivity index (χ4n) is 3.83. The Kier molecular flexibility index (Phi) is 4.68. The molecule has 2 amide bonds. The van der Waals surface area contributed by atoms with E-state index in [1.807, 2.05) is 30.3 Å². The molecule has 1 saturated heterocycles. The lowest BCUT2D eigenvalue weighted by molar-refractivity contribution is -0.128. The van der Waals surface area contributed by atoms with Crippen LogP contribution in [0.1, 0.15) is 29.5 Å². The zero-order chi connectivity index (χ0) is 18.1. The molecule has 0 spiro atoms. The van der Waals surface area contributed by atoms with Gasteiger partial charge < -0.3 is 10.2 Å². The van der Waals surface area contributed by atoms with Crippen LogP contribution in [0.5, 0.6) is 0 Å². The summed E-state index contributed by atoms with van der Waals surface area (Å²) in [5.41, 5.74) is 4.44. The van der Waals surface area contributed by atoms with Gasteiger partial charge in [-0.25, -0.2) is 0 Å². The Labute approximate surface area is 158 Å². The smallest absolute Gasteiger partial charge is 0.229 e. The summed E-state index contributed by atoms with van der Waals surface area (Å²) in [7, 11) is 0. The highest BCUT2D eigenvalue weighted by Crippen LogP contribution is 2.27. The number of nitrogens with one attached hydrogen (secondary N) is 1. The summed E-state index contributed by atoms with van der Waals surface area (Å²) in [5.74, 6) is -0.407. The van der Waals surface area contributed by atoms with E-state index in [1.54, 1.807) is 4.90 Å². The van der Waals surface area contributed by atoms with E-state index < -0.39 is 0 Å². The number of halogens is 1. The predicted octanol–water partition coefficient (Wildman–Crippen LogP) is 3.82. The molecule has 1 aliphatic heterocycles. The van der Waals surface area contributed by atoms with Gasteiger partial charge in [0.2, 0.25) is 11.8 Å². The molecule has 1 unspecified atom stereocenters. The average molecular weight is 369 g/mol. The molecule has 0 bridgehead atoms. The summed E-state index contributed by atoms with van der Waals surface area (Å²) in [4.78, 5) is 26.6. The number of nitrogens with zero attached hydrogens (tertiary/aromatic N) is 1. The highest BCUT2D eigenvalue weighted by atomic mass is 35.5. The van der Waals surface area contributed by atoms with E-state index in [4.69, 9.17) is 11.6 Å². The molecule has 2 aromatic carbocycles. The van der Waals surface area contributed by atoms with E-state index in [9.17, 15) is 9.59 Å². The zero-order valence-corrected chi connectivity index (χ0v) is 15.3. The summed E-state index contributed by atoms with van der Waals surface area (Å²) in [6.07, 6.45) is 3.63. The molecule has 134 valence electrons. The van der Waals surface area contributed by atoms with Crippen molar-refractivity contribution in [2.45, 2.75) is 32.2 Å². The van der Waals surface area contributed by atoms with Crippen LogP contribution >= 0.6 is 11.6 Å². The SMILES string of the molecule is O=C(Nc1ccc2c(c1)CCC2)C1CC(=O)N(Cc2ccccc2Cl)C1. The number of benzene rings is 2. The molecule has 1 N–H and O–H groups in total. The summed E-state index contributed by atoms with van der Waals surface area (Å²) in [6.45, 7) is 0.877. The topological polar surface area (TPSA) is 49.4 Å². The maximum Gasteiger partial charge on any atom is 0.229 e. The maximum absolute atomic E-state index is 12.6. The van der Waals surface area contributed by atoms with Crippen molar-refractivity contribution in [2.75, 3.05) is 11.9 Å². The van der Waals surface area contributed by atoms with Gasteiger partial charge in [0, 0.05) is 30.2 Å². The normalized spacial score (nSPS) is 18.9. The first-order chi connectivity index (χ1) is 12.6. The molecule has 0 aromatic heterocycles. The van der Waals surface area contributed by atoms with E-state index in [-0.39, 0.29) is 24.2 Å². The number of likely N-dealkylation sites (tertiary alicyclic amines) is 1. The van der Waals surface area contributed by atoms with Crippen LogP contribution in [0.3, 0.4) is 0 Å². The molecule has 1 heterocycles. The highest BCUT2D eigenvalue weighted by Gasteiger charge is 2.34. The van der Waals surface area contributed by atoms with Crippen LogP contribution in [0.25, 0.3) is 0 Å². The number of aryl methyl sites for hydroxylation is 2. The van der Waals surface area contributed by atoms with E-state index >= 15 is 0 Å². The van der Waals surface area contributed by atoms with E-state index in [0.29, 0.717) is 18.1 Å². The summed E-state index contributed by atoms with van der Waals surface area (Å²) in [6, 6.07) is 13.6. The Balaban J connectivity index is 1.40. The van der Waals surface area contributed by atoms with Crippen molar-refractivity contribution in [1.29, 1.82) is 0 Å². The second-order valence-corrected chi connectivity index (χ2v) is 7.50. The quantitative estimate of drug-likeness (QED) is 0.891. The van der Waals surface area contributed by atoms with E-state index in [2.05, 4.69) is 17.4 Å². The molecule has 1 atom stereocenters. The summed E-state index contributed by atoms with van der Waals surface area (Å²) >= 11 is 6.19. The third-order valence-electron chi connectivity index (χ3n) is 5.27. The first-order valence-electron chi connectivity index (χ1n) is 9.04. The summed E-state index contributed by atoms with van der Waals surface area (Å²) in [5, 5.41) is 3.63. The second-order valence-electron chi connectivity index (χ2n) is 7.09. The number of rotatable bonds is 4. The molecular formula is C21H21ClN2O2. The second kappa shape index (κ2) is 7.12. The number of hydrogen-bond donors (Lipinski definition) is 1. The first-order valence-corrected chi connectivity index (χ1v) is 9.42. The van der Waals surface area contributed by atoms with Crippen LogP contribution in [-0.4, -0.2) is 23.3 Å². The molecule has 4 nitrogen and oxygen atoms in total. The number of amides is 2. The van der Waals surface area contributed by atoms with Gasteiger partial charge in [0.1, 0.15) is 0 Å². The Morgan fingerprint density at radius 3 is 2.81 bits per heavy atom. The maximum atomic E-state index is 12.6. The van der Waals surface area contributed by atoms with Gasteiger partial charge in [-0.3, -0.25) is 9.59 Å². The fourth-order valence-corrected chi connectivity index (χ4v) is 4.02. The van der Waals surface area contributed by atoms with Crippen LogP contribution in [0, 0.1) is 5.92 Å². The molecule has 26 heavy (non-hydrogen) atoms. The molecule has 0 radical (unpaired) electrons. The predicted molar refractivity (Wildman–Crippen MR) is 102 cm³/mol. The minimum Gasteiger partial charge on any atom is -0.337 e. The number of carbonyl (C=O) groups is 2. The van der Waals surface area contributed by atoms with Crippen LogP contribution < -0.4 is 5.32 Å². The van der Waals surface area contributed by atoms with Crippen molar-refractivity contribution in [3.8, 4) is 0 Å². The van der Waals surface area contributed by atoms with Crippen molar-refractivity contribution in [3.05, 3.63) is 64.2 Å². The van der Waals surface area contributed by atoms with Crippen molar-refractivity contribution in [2.24, 2.45) is 5.92 Å². The molecule has 2 aromatic rings. The standard InChI is InChI=1S/C21H21ClN2O2/c22-19-7-2-1-4-16(19)12-24-13-17(11-20(24)25)21(26)23-18-9-8-14-5-3-6-15(14)10-18/h1-2,4,7-10,17H,3,5-6,11-13H2,(H,23,26). The van der Waals surface area contributed by atoms with Gasteiger partial charge in [-0.05, 0) is 54.2 Å². The Morgan fingerprint density at radius 2 is 1.96 bits per heavy atom. The number of fused-ring (bicyclic) bond motifs is 1. The van der Waals surface area contributed by atoms with Crippen molar-refractivity contribution in [1.82, 2.24) is 4.90 Å². The average Bonchev–Trinajstić information content (AvgIpc) is 3.23. The van der Waals surface area contributed by atoms with Gasteiger partial charge in [-0.15, -0.1) is 0 Å². The number of hydrogen-bond acceptors (Lipinski definition) is 2. The van der Waals surface area contributed by atoms with Crippen LogP contribution in [0.2, 0.25) is 5.02 Å². The monoisotopic (exact) mass is 368 g/mol. The number of carbonyl (C=O) groups excluding carboxylic acids is 2. The van der Waals surface area contributed by atoms with Gasteiger partial charge in [-0.1, -0.05) is 35.9 Å². The first kappa shape index (κ1) is 17.1. The lowest BCUT2D eigenvalue weighted by atomic mass is 10.1. The van der Waals surface area contributed by atoms with Gasteiger partial charge in [-0.2, -0.15) is 0 Å². The van der Waals surface area contributed by atoms with E-state index in [1.165, 1.54) is 17.5 Å². The van der Waals surface area contributed by atoms with Gasteiger partial charge in [0.25, 0.3) is 0 Å². The highest BCUT2D eigenvalue weighted by molar-refractivity contribution is 6.31. The molecule has 2 aliphatic rings. The van der Waals surface area contributed by atoms with Crippen LogP contribution in [0.15, 0.2) is 42.5 Å². The van der Waals surface area contributed by atoms with Crippen molar-refractivity contribution >= 4 is 29.1 Å². The van der Waals surface area contributed by atoms with Crippen LogP contribution in [0.4, 0.5) is 5.69 Å². The minimum absolute atomic E-state index is 0.000905. The molecule has 5 heteroatoms. The molecule has 1 fully saturated rings. The zero-order valence-electron chi connectivity index (χ0n) is 14.5. The van der Waals surface area contributed by atoms with Gasteiger partial charge in [0.15, 0.2) is 0 Å². The minimum atomic E-state index is -0.321. The molecule has 0 saturated carbocycles. The number of anilines is 1. The largest absolute Gasteiger partial charge is 0.337 e. The van der Waals surface area contributed by atoms with Gasteiger partial charge in [0.05, 0.1) is 5.92 Å². The lowest BCUT2D eigenvalue weighted by Crippen LogP contribution is -2.28. The molecule has 4 rings (SSSR count). The van der Waals surface area contributed by atoms with Gasteiger partial charge >= 0.3 is 0 Å². The van der Waals surface area contributed by atoms with Crippen molar-refractivity contribution < 1.29 is 9.59 Å².